The smallest absolute Gasteiger partial charge is 0.341 e. The molecule has 2 aromatic heterocycles. The molecule has 152 valence electrons. The second-order valence-electron chi connectivity index (χ2n) is 8.01. The molecule has 0 bridgehead atoms. The van der Waals surface area contributed by atoms with Crippen LogP contribution in [0.1, 0.15) is 66.2 Å². The van der Waals surface area contributed by atoms with Gasteiger partial charge in [0.15, 0.2) is 0 Å². The summed E-state index contributed by atoms with van der Waals surface area (Å²) in [6.07, 6.45) is 4.37. The van der Waals surface area contributed by atoms with Gasteiger partial charge < -0.3 is 10.1 Å². The van der Waals surface area contributed by atoms with Crippen LogP contribution in [0.4, 0.5) is 5.00 Å². The van der Waals surface area contributed by atoms with E-state index in [0.29, 0.717) is 29.5 Å². The van der Waals surface area contributed by atoms with Crippen molar-refractivity contribution in [2.45, 2.75) is 59.8 Å². The third kappa shape index (κ3) is 4.49. The Kier molecular flexibility index (Phi) is 6.61. The molecule has 0 saturated carbocycles. The van der Waals surface area contributed by atoms with Crippen molar-refractivity contribution in [1.29, 1.82) is 0 Å². The number of carbonyl (C=O) groups is 2. The molecule has 0 spiro atoms. The van der Waals surface area contributed by atoms with E-state index in [2.05, 4.69) is 26.1 Å². The van der Waals surface area contributed by atoms with Gasteiger partial charge in [-0.1, -0.05) is 33.3 Å². The molecule has 1 N–H and O–H groups in total. The predicted octanol–water partition coefficient (Wildman–Crippen LogP) is 5.71. The van der Waals surface area contributed by atoms with Crippen molar-refractivity contribution in [3.05, 3.63) is 38.4 Å². The molecule has 0 fully saturated rings. The lowest BCUT2D eigenvalue weighted by molar-refractivity contribution is -0.115. The first-order valence-corrected chi connectivity index (χ1v) is 11.7. The minimum Gasteiger partial charge on any atom is -0.462 e. The summed E-state index contributed by atoms with van der Waals surface area (Å²) in [7, 11) is 0. The van der Waals surface area contributed by atoms with E-state index in [-0.39, 0.29) is 17.3 Å². The highest BCUT2D eigenvalue weighted by Crippen LogP contribution is 2.45. The average Bonchev–Trinajstić information content (AvgIpc) is 3.28. The highest BCUT2D eigenvalue weighted by Gasteiger charge is 2.35. The molecule has 28 heavy (non-hydrogen) atoms. The molecule has 0 aliphatic heterocycles. The number of nitrogens with one attached hydrogen (secondary N) is 1. The number of rotatable bonds is 7. The molecule has 0 aromatic carbocycles. The number of esters is 1. The topological polar surface area (TPSA) is 55.4 Å². The standard InChI is InChI=1S/C22H29NO3S2/c1-5-22(3,4)14-9-10-16-17(12-14)28-20(19(16)21(25)26-6-2)23-18(24)13-15-8-7-11-27-15/h7-8,11,14H,5-6,9-10,12-13H2,1-4H3,(H,23,24)/t14-/m0/s1. The summed E-state index contributed by atoms with van der Waals surface area (Å²) in [4.78, 5) is 27.5. The Morgan fingerprint density at radius 2 is 2.11 bits per heavy atom. The van der Waals surface area contributed by atoms with Gasteiger partial charge in [-0.3, -0.25) is 4.79 Å². The molecule has 0 unspecified atom stereocenters. The van der Waals surface area contributed by atoms with Crippen LogP contribution in [0.25, 0.3) is 0 Å². The number of anilines is 1. The maximum absolute atomic E-state index is 12.7. The van der Waals surface area contributed by atoms with E-state index in [1.54, 1.807) is 22.7 Å². The van der Waals surface area contributed by atoms with Gasteiger partial charge in [0.05, 0.1) is 18.6 Å². The van der Waals surface area contributed by atoms with Crippen molar-refractivity contribution in [3.63, 3.8) is 0 Å². The van der Waals surface area contributed by atoms with Crippen molar-refractivity contribution in [1.82, 2.24) is 0 Å². The second-order valence-corrected chi connectivity index (χ2v) is 10.2. The Hall–Kier alpha value is -1.66. The number of fused-ring (bicyclic) bond motifs is 1. The van der Waals surface area contributed by atoms with Gasteiger partial charge in [0.2, 0.25) is 5.91 Å². The molecular formula is C22H29NO3S2. The summed E-state index contributed by atoms with van der Waals surface area (Å²) in [5.74, 6) is 0.185. The van der Waals surface area contributed by atoms with Crippen LogP contribution >= 0.6 is 22.7 Å². The number of hydrogen-bond acceptors (Lipinski definition) is 5. The van der Waals surface area contributed by atoms with Crippen LogP contribution in [0, 0.1) is 11.3 Å². The van der Waals surface area contributed by atoms with Crippen molar-refractivity contribution >= 4 is 39.6 Å². The normalized spacial score (nSPS) is 16.5. The highest BCUT2D eigenvalue weighted by atomic mass is 32.1. The molecule has 0 radical (unpaired) electrons. The maximum atomic E-state index is 12.7. The zero-order valence-electron chi connectivity index (χ0n) is 17.1. The molecule has 1 aliphatic rings. The Bertz CT molecular complexity index is 836. The average molecular weight is 420 g/mol. The van der Waals surface area contributed by atoms with Gasteiger partial charge in [-0.25, -0.2) is 4.79 Å². The van der Waals surface area contributed by atoms with Crippen molar-refractivity contribution in [2.24, 2.45) is 11.3 Å². The lowest BCUT2D eigenvalue weighted by Crippen LogP contribution is -2.28. The third-order valence-electron chi connectivity index (χ3n) is 5.93. The van der Waals surface area contributed by atoms with Crippen LogP contribution in [0.5, 0.6) is 0 Å². The third-order valence-corrected chi connectivity index (χ3v) is 7.98. The molecule has 3 rings (SSSR count). The van der Waals surface area contributed by atoms with E-state index < -0.39 is 0 Å². The molecule has 2 heterocycles. The zero-order valence-corrected chi connectivity index (χ0v) is 18.7. The molecule has 1 atom stereocenters. The fraction of sp³-hybridized carbons (Fsp3) is 0.545. The summed E-state index contributed by atoms with van der Waals surface area (Å²) < 4.78 is 5.31. The molecule has 0 saturated heterocycles. The molecule has 4 nitrogen and oxygen atoms in total. The van der Waals surface area contributed by atoms with E-state index in [1.165, 1.54) is 4.88 Å². The number of hydrogen-bond donors (Lipinski definition) is 1. The van der Waals surface area contributed by atoms with Crippen LogP contribution in [0.15, 0.2) is 17.5 Å². The molecule has 2 aromatic rings. The van der Waals surface area contributed by atoms with Crippen LogP contribution in [-0.2, 0) is 28.8 Å². The number of thiophene rings is 2. The number of carbonyl (C=O) groups excluding carboxylic acids is 2. The van der Waals surface area contributed by atoms with E-state index >= 15 is 0 Å². The van der Waals surface area contributed by atoms with Gasteiger partial charge in [0.1, 0.15) is 5.00 Å². The predicted molar refractivity (Wildman–Crippen MR) is 117 cm³/mol. The second kappa shape index (κ2) is 8.78. The Morgan fingerprint density at radius 1 is 1.32 bits per heavy atom. The molecule has 1 amide bonds. The van der Waals surface area contributed by atoms with Crippen molar-refractivity contribution < 1.29 is 14.3 Å². The lowest BCUT2D eigenvalue weighted by Gasteiger charge is -2.36. The first kappa shape index (κ1) is 21.1. The maximum Gasteiger partial charge on any atom is 0.341 e. The van der Waals surface area contributed by atoms with Crippen LogP contribution < -0.4 is 5.32 Å². The number of ether oxygens (including phenoxy) is 1. The monoisotopic (exact) mass is 419 g/mol. The summed E-state index contributed by atoms with van der Waals surface area (Å²) >= 11 is 3.12. The van der Waals surface area contributed by atoms with Gasteiger partial charge in [-0.05, 0) is 54.5 Å². The van der Waals surface area contributed by atoms with Gasteiger partial charge in [0.25, 0.3) is 0 Å². The zero-order chi connectivity index (χ0) is 20.3. The quantitative estimate of drug-likeness (QED) is 0.585. The summed E-state index contributed by atoms with van der Waals surface area (Å²) in [6.45, 7) is 9.03. The highest BCUT2D eigenvalue weighted by molar-refractivity contribution is 7.17. The van der Waals surface area contributed by atoms with E-state index in [9.17, 15) is 9.59 Å². The molecule has 1 aliphatic carbocycles. The minimum atomic E-state index is -0.320. The van der Waals surface area contributed by atoms with Gasteiger partial charge in [0, 0.05) is 9.75 Å². The van der Waals surface area contributed by atoms with Crippen molar-refractivity contribution in [2.75, 3.05) is 11.9 Å². The summed E-state index contributed by atoms with van der Waals surface area (Å²) in [5.41, 5.74) is 1.93. The lowest BCUT2D eigenvalue weighted by atomic mass is 9.69. The van der Waals surface area contributed by atoms with E-state index in [0.717, 1.165) is 36.1 Å². The van der Waals surface area contributed by atoms with Crippen LogP contribution in [0.3, 0.4) is 0 Å². The summed E-state index contributed by atoms with van der Waals surface area (Å²) in [5, 5.41) is 5.62. The number of amides is 1. The Labute approximate surface area is 175 Å². The molecule has 6 heteroatoms. The Morgan fingerprint density at radius 3 is 2.75 bits per heavy atom. The van der Waals surface area contributed by atoms with Gasteiger partial charge >= 0.3 is 5.97 Å². The van der Waals surface area contributed by atoms with Crippen LogP contribution in [0.2, 0.25) is 0 Å². The van der Waals surface area contributed by atoms with E-state index in [4.69, 9.17) is 4.74 Å². The SMILES string of the molecule is CCOC(=O)c1c(NC(=O)Cc2cccs2)sc2c1CC[C@H](C(C)(C)CC)C2. The van der Waals surface area contributed by atoms with Gasteiger partial charge in [-0.2, -0.15) is 0 Å². The largest absolute Gasteiger partial charge is 0.462 e. The fourth-order valence-electron chi connectivity index (χ4n) is 3.79. The Balaban J connectivity index is 1.87. The first-order chi connectivity index (χ1) is 13.4. The van der Waals surface area contributed by atoms with Crippen molar-refractivity contribution in [3.8, 4) is 0 Å². The summed E-state index contributed by atoms with van der Waals surface area (Å²) in [6, 6.07) is 3.89. The fourth-order valence-corrected chi connectivity index (χ4v) is 5.83. The van der Waals surface area contributed by atoms with Gasteiger partial charge in [-0.15, -0.1) is 22.7 Å². The van der Waals surface area contributed by atoms with E-state index in [1.807, 2.05) is 24.4 Å². The minimum absolute atomic E-state index is 0.0861. The first-order valence-electron chi connectivity index (χ1n) is 9.99. The van der Waals surface area contributed by atoms with Crippen LogP contribution in [-0.4, -0.2) is 18.5 Å². The molecular weight excluding hydrogens is 390 g/mol.